The van der Waals surface area contributed by atoms with Gasteiger partial charge in [0.15, 0.2) is 5.82 Å². The number of fused-ring (bicyclic) bond motifs is 1. The van der Waals surface area contributed by atoms with Crippen LogP contribution in [0.25, 0.3) is 11.0 Å². The van der Waals surface area contributed by atoms with Gasteiger partial charge in [0.25, 0.3) is 5.92 Å². The molecular weight excluding hydrogens is 562 g/mol. The number of hydrogen-bond donors (Lipinski definition) is 3. The van der Waals surface area contributed by atoms with Crippen LogP contribution < -0.4 is 32.4 Å². The van der Waals surface area contributed by atoms with Crippen LogP contribution in [0.15, 0.2) is 34.0 Å². The normalized spacial score (nSPS) is 20.6. The van der Waals surface area contributed by atoms with Crippen LogP contribution in [0, 0.1) is 11.8 Å². The molecule has 1 aromatic carbocycles. The summed E-state index contributed by atoms with van der Waals surface area (Å²) in [4.78, 5) is 48.5. The van der Waals surface area contributed by atoms with Crippen LogP contribution in [0.3, 0.4) is 0 Å². The molecule has 2 atom stereocenters. The highest BCUT2D eigenvalue weighted by atomic mass is 35.5. The molecule has 0 saturated carbocycles. The molecule has 4 heterocycles. The molecule has 12 nitrogen and oxygen atoms in total. The second-order valence-corrected chi connectivity index (χ2v) is 10.9. The quantitative estimate of drug-likeness (QED) is 0.331. The third-order valence-electron chi connectivity index (χ3n) is 7.56. The Labute approximate surface area is 238 Å². The zero-order chi connectivity index (χ0) is 29.5. The molecule has 2 saturated heterocycles. The number of piperidine rings is 1. The molecule has 4 N–H and O–H groups in total. The van der Waals surface area contributed by atoms with Gasteiger partial charge in [-0.2, -0.15) is 4.98 Å². The Morgan fingerprint density at radius 1 is 1.20 bits per heavy atom. The van der Waals surface area contributed by atoms with Crippen molar-refractivity contribution < 1.29 is 18.3 Å². The number of nitrogens with two attached hydrogens (primary N) is 1. The molecule has 0 unspecified atom stereocenters. The molecule has 5 rings (SSSR count). The van der Waals surface area contributed by atoms with E-state index in [9.17, 15) is 23.2 Å². The molecule has 15 heteroatoms. The van der Waals surface area contributed by atoms with Gasteiger partial charge < -0.3 is 35.1 Å². The van der Waals surface area contributed by atoms with E-state index in [4.69, 9.17) is 22.1 Å². The van der Waals surface area contributed by atoms with E-state index in [1.165, 1.54) is 29.3 Å². The Kier molecular flexibility index (Phi) is 7.99. The standard InChI is InChI=1S/C26H31ClF2N8O4/c1-14-9-35(11-20(30)26(14,28)29)25-32-8-17(27)22(34-25)33-16-3-4-18-19(7-16)36(6-5-21(38)31-2)23(39)24(40)37(18)10-15-12-41-13-15/h3-4,7-8,14-15,20H,5-6,9-13,30H2,1-2H3,(H,31,38)(H,32,33,34)/t14-,20+/m1/s1. The summed E-state index contributed by atoms with van der Waals surface area (Å²) in [6.45, 7) is 2.63. The van der Waals surface area contributed by atoms with Crippen LogP contribution in [-0.2, 0) is 22.6 Å². The van der Waals surface area contributed by atoms with Crippen molar-refractivity contribution in [1.29, 1.82) is 0 Å². The average molecular weight is 593 g/mol. The average Bonchev–Trinajstić information content (AvgIpc) is 2.92. The summed E-state index contributed by atoms with van der Waals surface area (Å²) in [5, 5.41) is 5.81. The second kappa shape index (κ2) is 11.3. The number of alkyl halides is 2. The fraction of sp³-hybridized carbons (Fsp3) is 0.500. The highest BCUT2D eigenvalue weighted by Gasteiger charge is 2.48. The number of benzene rings is 1. The predicted octanol–water partition coefficient (Wildman–Crippen LogP) is 1.55. The van der Waals surface area contributed by atoms with Crippen molar-refractivity contribution in [2.24, 2.45) is 17.6 Å². The van der Waals surface area contributed by atoms with Gasteiger partial charge in [0.05, 0.1) is 36.5 Å². The van der Waals surface area contributed by atoms with Crippen molar-refractivity contribution in [2.75, 3.05) is 43.6 Å². The number of aromatic nitrogens is 4. The van der Waals surface area contributed by atoms with Crippen molar-refractivity contribution in [3.8, 4) is 0 Å². The molecule has 2 aliphatic rings. The molecule has 0 bridgehead atoms. The Bertz CT molecular complexity index is 1580. The summed E-state index contributed by atoms with van der Waals surface area (Å²) in [5.74, 6) is -3.77. The number of halogens is 3. The lowest BCUT2D eigenvalue weighted by atomic mass is 9.92. The maximum atomic E-state index is 14.3. The Morgan fingerprint density at radius 2 is 1.93 bits per heavy atom. The summed E-state index contributed by atoms with van der Waals surface area (Å²) in [6, 6.07) is 3.71. The monoisotopic (exact) mass is 592 g/mol. The molecule has 2 aliphatic heterocycles. The highest BCUT2D eigenvalue weighted by molar-refractivity contribution is 6.32. The Morgan fingerprint density at radius 3 is 2.59 bits per heavy atom. The number of anilines is 3. The van der Waals surface area contributed by atoms with Gasteiger partial charge in [-0.15, -0.1) is 0 Å². The number of amides is 1. The van der Waals surface area contributed by atoms with E-state index in [1.54, 1.807) is 23.1 Å². The van der Waals surface area contributed by atoms with Crippen molar-refractivity contribution in [3.63, 3.8) is 0 Å². The summed E-state index contributed by atoms with van der Waals surface area (Å²) < 4.78 is 36.5. The number of nitrogens with one attached hydrogen (secondary N) is 2. The largest absolute Gasteiger partial charge is 0.381 e. The zero-order valence-electron chi connectivity index (χ0n) is 22.6. The summed E-state index contributed by atoms with van der Waals surface area (Å²) >= 11 is 6.38. The minimum Gasteiger partial charge on any atom is -0.381 e. The number of nitrogens with zero attached hydrogens (tertiary/aromatic N) is 5. The smallest absolute Gasteiger partial charge is 0.316 e. The number of rotatable bonds is 8. The molecule has 2 fully saturated rings. The van der Waals surface area contributed by atoms with E-state index in [1.807, 2.05) is 0 Å². The minimum absolute atomic E-state index is 0.000377. The lowest BCUT2D eigenvalue weighted by Crippen LogP contribution is -2.60. The van der Waals surface area contributed by atoms with Crippen LogP contribution in [0.4, 0.5) is 26.2 Å². The highest BCUT2D eigenvalue weighted by Crippen LogP contribution is 2.34. The van der Waals surface area contributed by atoms with E-state index >= 15 is 0 Å². The first kappa shape index (κ1) is 28.9. The van der Waals surface area contributed by atoms with E-state index < -0.39 is 29.0 Å². The SMILES string of the molecule is CNC(=O)CCn1c(=O)c(=O)n(CC2COC2)c2ccc(Nc3nc(N4C[C@@H](C)C(F)(F)[C@@H](N)C4)ncc3Cl)cc21. The molecule has 0 radical (unpaired) electrons. The van der Waals surface area contributed by atoms with E-state index in [2.05, 4.69) is 20.6 Å². The minimum atomic E-state index is -3.00. The van der Waals surface area contributed by atoms with Crippen molar-refractivity contribution in [2.45, 2.75) is 38.4 Å². The first-order valence-corrected chi connectivity index (χ1v) is 13.6. The topological polar surface area (TPSA) is 149 Å². The van der Waals surface area contributed by atoms with Crippen LogP contribution in [0.1, 0.15) is 13.3 Å². The summed E-state index contributed by atoms with van der Waals surface area (Å²) in [7, 11) is 1.49. The number of carbonyl (C=O) groups excluding carboxylic acids is 1. The number of carbonyl (C=O) groups is 1. The Balaban J connectivity index is 1.51. The molecule has 0 aliphatic carbocycles. The van der Waals surface area contributed by atoms with Gasteiger partial charge in [-0.3, -0.25) is 14.4 Å². The van der Waals surface area contributed by atoms with Crippen molar-refractivity contribution in [1.82, 2.24) is 24.4 Å². The van der Waals surface area contributed by atoms with E-state index in [-0.39, 0.29) is 54.7 Å². The molecule has 1 amide bonds. The molecule has 41 heavy (non-hydrogen) atoms. The van der Waals surface area contributed by atoms with Gasteiger partial charge in [-0.1, -0.05) is 18.5 Å². The van der Waals surface area contributed by atoms with Gasteiger partial charge in [0.1, 0.15) is 5.02 Å². The van der Waals surface area contributed by atoms with Gasteiger partial charge in [-0.25, -0.2) is 13.8 Å². The van der Waals surface area contributed by atoms with Crippen LogP contribution in [0.2, 0.25) is 5.02 Å². The molecule has 0 spiro atoms. The third-order valence-corrected chi connectivity index (χ3v) is 7.84. The first-order chi connectivity index (χ1) is 19.5. The summed E-state index contributed by atoms with van der Waals surface area (Å²) in [6.07, 6.45) is 1.37. The predicted molar refractivity (Wildman–Crippen MR) is 150 cm³/mol. The molecule has 3 aromatic rings. The fourth-order valence-corrected chi connectivity index (χ4v) is 5.17. The van der Waals surface area contributed by atoms with E-state index in [0.717, 1.165) is 0 Å². The zero-order valence-corrected chi connectivity index (χ0v) is 23.3. The van der Waals surface area contributed by atoms with Gasteiger partial charge in [0.2, 0.25) is 11.9 Å². The number of aryl methyl sites for hydroxylation is 1. The summed E-state index contributed by atoms with van der Waals surface area (Å²) in [5.41, 5.74) is 5.78. The maximum Gasteiger partial charge on any atom is 0.316 e. The van der Waals surface area contributed by atoms with Crippen molar-refractivity contribution in [3.05, 3.63) is 50.1 Å². The first-order valence-electron chi connectivity index (χ1n) is 13.2. The fourth-order valence-electron chi connectivity index (χ4n) is 5.03. The van der Waals surface area contributed by atoms with Gasteiger partial charge in [-0.05, 0) is 18.2 Å². The lowest BCUT2D eigenvalue weighted by Gasteiger charge is -2.40. The van der Waals surface area contributed by atoms with Gasteiger partial charge >= 0.3 is 11.1 Å². The van der Waals surface area contributed by atoms with Crippen LogP contribution in [0.5, 0.6) is 0 Å². The Hall–Kier alpha value is -3.62. The molecule has 2 aromatic heterocycles. The number of hydrogen-bond acceptors (Lipinski definition) is 9. The second-order valence-electron chi connectivity index (χ2n) is 10.5. The lowest BCUT2D eigenvalue weighted by molar-refractivity contribution is -0.120. The van der Waals surface area contributed by atoms with Gasteiger partial charge in [0, 0.05) is 57.2 Å². The van der Waals surface area contributed by atoms with Crippen molar-refractivity contribution >= 4 is 46.0 Å². The molecular formula is C26H31ClF2N8O4. The number of ether oxygens (including phenoxy) is 1. The maximum absolute atomic E-state index is 14.3. The van der Waals surface area contributed by atoms with Crippen LogP contribution >= 0.6 is 11.6 Å². The third kappa shape index (κ3) is 5.63. The molecule has 220 valence electrons. The van der Waals surface area contributed by atoms with Crippen LogP contribution in [-0.4, -0.2) is 70.3 Å². The van der Waals surface area contributed by atoms with E-state index in [0.29, 0.717) is 36.5 Å².